The van der Waals surface area contributed by atoms with Crippen molar-refractivity contribution in [2.24, 2.45) is 0 Å². The molecular weight excluding hydrogens is 478 g/mol. The summed E-state index contributed by atoms with van der Waals surface area (Å²) in [5.74, 6) is 1.05. The monoisotopic (exact) mass is 509 g/mol. The maximum atomic E-state index is 12.3. The van der Waals surface area contributed by atoms with Crippen molar-refractivity contribution in [3.8, 4) is 22.3 Å². The van der Waals surface area contributed by atoms with Crippen molar-refractivity contribution in [2.75, 3.05) is 5.32 Å². The van der Waals surface area contributed by atoms with Crippen molar-refractivity contribution in [3.63, 3.8) is 0 Å². The van der Waals surface area contributed by atoms with Crippen LogP contribution in [0.15, 0.2) is 96.0 Å². The minimum Gasteiger partial charge on any atom is -0.359 e. The molecule has 0 aliphatic rings. The van der Waals surface area contributed by atoms with Gasteiger partial charge >= 0.3 is 6.03 Å². The van der Waals surface area contributed by atoms with Gasteiger partial charge in [-0.15, -0.1) is 0 Å². The third kappa shape index (κ3) is 6.50. The van der Waals surface area contributed by atoms with Crippen molar-refractivity contribution >= 4 is 17.5 Å². The molecule has 4 aromatic rings. The Morgan fingerprint density at radius 3 is 2.37 bits per heavy atom. The van der Waals surface area contributed by atoms with Gasteiger partial charge in [0, 0.05) is 64.9 Å². The second-order valence-electron chi connectivity index (χ2n) is 9.92. The van der Waals surface area contributed by atoms with Gasteiger partial charge in [-0.3, -0.25) is 15.3 Å². The summed E-state index contributed by atoms with van der Waals surface area (Å²) in [7, 11) is 0. The summed E-state index contributed by atoms with van der Waals surface area (Å²) in [5, 5.41) is 13.8. The van der Waals surface area contributed by atoms with E-state index in [0.717, 1.165) is 27.8 Å². The smallest absolute Gasteiger partial charge is 0.324 e. The zero-order valence-electron chi connectivity index (χ0n) is 22.2. The Morgan fingerprint density at radius 1 is 0.974 bits per heavy atom. The number of hydrogen-bond donors (Lipinski definition) is 2. The van der Waals surface area contributed by atoms with Gasteiger partial charge in [-0.2, -0.15) is 5.10 Å². The highest BCUT2D eigenvalue weighted by Gasteiger charge is 2.20. The van der Waals surface area contributed by atoms with Crippen molar-refractivity contribution in [3.05, 3.63) is 97.2 Å². The lowest BCUT2D eigenvalue weighted by molar-refractivity contribution is 0.254. The van der Waals surface area contributed by atoms with Crippen LogP contribution in [0.3, 0.4) is 0 Å². The number of rotatable bonds is 7. The Hall–Kier alpha value is -4.79. The molecule has 0 spiro atoms. The van der Waals surface area contributed by atoms with Gasteiger partial charge in [0.25, 0.3) is 0 Å². The molecule has 0 bridgehead atoms. The number of allylic oxidation sites excluding steroid dienone is 5. The zero-order valence-corrected chi connectivity index (χ0v) is 22.2. The van der Waals surface area contributed by atoms with Crippen LogP contribution in [-0.4, -0.2) is 30.9 Å². The Kier molecular flexibility index (Phi) is 7.66. The minimum absolute atomic E-state index is 0.194. The lowest BCUT2D eigenvalue weighted by Gasteiger charge is -2.12. The van der Waals surface area contributed by atoms with Gasteiger partial charge in [0.15, 0.2) is 5.82 Å². The van der Waals surface area contributed by atoms with Crippen LogP contribution < -0.4 is 10.6 Å². The summed E-state index contributed by atoms with van der Waals surface area (Å²) >= 11 is 0. The van der Waals surface area contributed by atoms with E-state index in [-0.39, 0.29) is 5.41 Å². The molecule has 0 atom stereocenters. The van der Waals surface area contributed by atoms with Crippen LogP contribution in [0.5, 0.6) is 0 Å². The summed E-state index contributed by atoms with van der Waals surface area (Å²) in [6.07, 6.45) is 14.5. The van der Waals surface area contributed by atoms with E-state index in [1.807, 2.05) is 64.5 Å². The van der Waals surface area contributed by atoms with E-state index < -0.39 is 6.03 Å². The van der Waals surface area contributed by atoms with E-state index in [1.165, 1.54) is 0 Å². The molecule has 9 heteroatoms. The number of nitrogens with one attached hydrogen (secondary N) is 2. The zero-order chi connectivity index (χ0) is 27.3. The lowest BCUT2D eigenvalue weighted by Crippen LogP contribution is -2.27. The molecule has 0 fully saturated rings. The number of nitrogens with zero attached hydrogens (tertiary/aromatic N) is 5. The first-order valence-electron chi connectivity index (χ1n) is 12.1. The Balaban J connectivity index is 1.39. The van der Waals surface area contributed by atoms with Crippen molar-refractivity contribution in [1.29, 1.82) is 0 Å². The third-order valence-electron chi connectivity index (χ3n) is 5.78. The number of amides is 2. The van der Waals surface area contributed by atoms with Gasteiger partial charge in [-0.05, 0) is 49.3 Å². The van der Waals surface area contributed by atoms with Gasteiger partial charge in [-0.25, -0.2) is 9.48 Å². The first-order valence-corrected chi connectivity index (χ1v) is 12.1. The number of hydrogen-bond acceptors (Lipinski definition) is 6. The third-order valence-corrected chi connectivity index (χ3v) is 5.78. The lowest BCUT2D eigenvalue weighted by atomic mass is 9.93. The van der Waals surface area contributed by atoms with E-state index >= 15 is 0 Å². The fraction of sp³-hybridized carbons (Fsp3) is 0.207. The van der Waals surface area contributed by atoms with Crippen molar-refractivity contribution < 1.29 is 9.32 Å². The largest absolute Gasteiger partial charge is 0.359 e. The SMILES string of the molecule is C=C(/C(C)=C\C=C(/C)NC(=O)Nc1cc(C(C)(C)C)on1)n1cc(-c2cncc(-c3ccncc3)c2)cn1. The molecule has 4 heterocycles. The molecule has 4 aromatic heterocycles. The van der Waals surface area contributed by atoms with Crippen LogP contribution in [0.1, 0.15) is 40.4 Å². The first-order chi connectivity index (χ1) is 18.1. The predicted octanol–water partition coefficient (Wildman–Crippen LogP) is 6.44. The van der Waals surface area contributed by atoms with Gasteiger partial charge in [-0.1, -0.05) is 38.6 Å². The highest BCUT2D eigenvalue weighted by atomic mass is 16.5. The van der Waals surface area contributed by atoms with Gasteiger partial charge < -0.3 is 9.84 Å². The average molecular weight is 510 g/mol. The number of anilines is 1. The highest BCUT2D eigenvalue weighted by Crippen LogP contribution is 2.26. The number of aromatic nitrogens is 5. The standard InChI is InChI=1S/C29H31N7O2/c1-19(7-8-20(2)33-28(37)34-27-14-26(38-35-27)29(4,5)6)21(3)36-18-25(17-32-36)24-13-23(15-31-16-24)22-9-11-30-12-10-22/h7-18H,3H2,1-2,4-6H3,(H2,33,34,35,37)/b19-7-,20-8+. The first kappa shape index (κ1) is 26.3. The van der Waals surface area contributed by atoms with Crippen LogP contribution in [0.25, 0.3) is 28.0 Å². The quantitative estimate of drug-likeness (QED) is 0.278. The van der Waals surface area contributed by atoms with Crippen LogP contribution in [0.2, 0.25) is 0 Å². The summed E-state index contributed by atoms with van der Waals surface area (Å²) in [4.78, 5) is 20.8. The van der Waals surface area contributed by atoms with E-state index in [4.69, 9.17) is 4.52 Å². The molecule has 38 heavy (non-hydrogen) atoms. The molecule has 0 saturated heterocycles. The second kappa shape index (κ2) is 11.1. The highest BCUT2D eigenvalue weighted by molar-refractivity contribution is 5.89. The number of carbonyl (C=O) groups excluding carboxylic acids is 1. The molecule has 0 aliphatic heterocycles. The molecule has 0 saturated carbocycles. The second-order valence-corrected chi connectivity index (χ2v) is 9.92. The van der Waals surface area contributed by atoms with Crippen molar-refractivity contribution in [1.82, 2.24) is 30.2 Å². The van der Waals surface area contributed by atoms with Gasteiger partial charge in [0.2, 0.25) is 0 Å². The number of urea groups is 1. The molecule has 2 N–H and O–H groups in total. The molecule has 0 aliphatic carbocycles. The molecule has 4 rings (SSSR count). The normalized spacial score (nSPS) is 12.3. The molecule has 0 aromatic carbocycles. The Morgan fingerprint density at radius 2 is 1.68 bits per heavy atom. The molecule has 194 valence electrons. The fourth-order valence-corrected chi connectivity index (χ4v) is 3.50. The molecular formula is C29H31N7O2. The van der Waals surface area contributed by atoms with E-state index in [2.05, 4.69) is 43.5 Å². The molecule has 0 unspecified atom stereocenters. The van der Waals surface area contributed by atoms with Gasteiger partial charge in [0.1, 0.15) is 5.76 Å². The fourth-order valence-electron chi connectivity index (χ4n) is 3.50. The Labute approximate surface area is 222 Å². The van der Waals surface area contributed by atoms with E-state index in [0.29, 0.717) is 23.0 Å². The molecule has 2 amide bonds. The van der Waals surface area contributed by atoms with E-state index in [9.17, 15) is 4.79 Å². The maximum Gasteiger partial charge on any atom is 0.324 e. The average Bonchev–Trinajstić information content (AvgIpc) is 3.58. The topological polar surface area (TPSA) is 111 Å². The van der Waals surface area contributed by atoms with Crippen LogP contribution in [0.4, 0.5) is 10.6 Å². The molecule has 0 radical (unpaired) electrons. The number of pyridine rings is 2. The minimum atomic E-state index is -0.406. The van der Waals surface area contributed by atoms with Crippen LogP contribution in [-0.2, 0) is 5.41 Å². The summed E-state index contributed by atoms with van der Waals surface area (Å²) in [6.45, 7) is 13.9. The predicted molar refractivity (Wildman–Crippen MR) is 149 cm³/mol. The Bertz CT molecular complexity index is 1500. The van der Waals surface area contributed by atoms with Crippen molar-refractivity contribution in [2.45, 2.75) is 40.0 Å². The maximum absolute atomic E-state index is 12.3. The number of carbonyl (C=O) groups is 1. The van der Waals surface area contributed by atoms with Crippen LogP contribution in [0, 0.1) is 0 Å². The summed E-state index contributed by atoms with van der Waals surface area (Å²) in [6, 6.07) is 7.28. The summed E-state index contributed by atoms with van der Waals surface area (Å²) < 4.78 is 7.02. The summed E-state index contributed by atoms with van der Waals surface area (Å²) in [5.41, 5.74) is 5.97. The van der Waals surface area contributed by atoms with E-state index in [1.54, 1.807) is 42.3 Å². The molecule has 9 nitrogen and oxygen atoms in total. The van der Waals surface area contributed by atoms with Gasteiger partial charge in [0.05, 0.1) is 11.9 Å². The van der Waals surface area contributed by atoms with Crippen LogP contribution >= 0.6 is 0 Å².